The highest BCUT2D eigenvalue weighted by Crippen LogP contribution is 2.25. The maximum Gasteiger partial charge on any atom is 0.239 e. The summed E-state index contributed by atoms with van der Waals surface area (Å²) in [6.45, 7) is 10.8. The van der Waals surface area contributed by atoms with Gasteiger partial charge in [-0.05, 0) is 38.5 Å². The molecule has 7 heteroatoms. The number of hydrogen-bond donors (Lipinski definition) is 1. The summed E-state index contributed by atoms with van der Waals surface area (Å²) in [5, 5.41) is 3.48. The van der Waals surface area contributed by atoms with Gasteiger partial charge in [0.1, 0.15) is 0 Å². The Balaban J connectivity index is 1.86. The summed E-state index contributed by atoms with van der Waals surface area (Å²) in [6.07, 6.45) is 0. The van der Waals surface area contributed by atoms with Crippen LogP contribution in [0.1, 0.15) is 19.4 Å². The highest BCUT2D eigenvalue weighted by atomic mass is 35.5. The first-order chi connectivity index (χ1) is 12.4. The molecule has 1 aliphatic rings. The van der Waals surface area contributed by atoms with Gasteiger partial charge in [-0.15, -0.1) is 0 Å². The van der Waals surface area contributed by atoms with Crippen LogP contribution in [-0.2, 0) is 9.59 Å². The van der Waals surface area contributed by atoms with Crippen molar-refractivity contribution in [2.45, 2.75) is 20.8 Å². The van der Waals surface area contributed by atoms with Gasteiger partial charge >= 0.3 is 0 Å². The Hall–Kier alpha value is -1.79. The molecule has 0 atom stereocenters. The van der Waals surface area contributed by atoms with Crippen LogP contribution in [0.3, 0.4) is 0 Å². The molecule has 1 heterocycles. The van der Waals surface area contributed by atoms with Crippen molar-refractivity contribution >= 4 is 29.1 Å². The lowest BCUT2D eigenvalue weighted by Gasteiger charge is -2.37. The molecule has 144 valence electrons. The van der Waals surface area contributed by atoms with Crippen molar-refractivity contribution in [3.05, 3.63) is 28.8 Å². The number of anilines is 1. The summed E-state index contributed by atoms with van der Waals surface area (Å²) in [5.41, 5.74) is 2.37. The Kier molecular flexibility index (Phi) is 7.72. The number of halogens is 1. The fourth-order valence-corrected chi connectivity index (χ4v) is 3.33. The number of piperazine rings is 1. The van der Waals surface area contributed by atoms with E-state index < -0.39 is 0 Å². The Morgan fingerprint density at radius 1 is 1.19 bits per heavy atom. The molecule has 0 aliphatic carbocycles. The van der Waals surface area contributed by atoms with Gasteiger partial charge in [-0.2, -0.15) is 0 Å². The second-order valence-electron chi connectivity index (χ2n) is 6.56. The third kappa shape index (κ3) is 5.61. The molecular weight excluding hydrogens is 352 g/mol. The normalized spacial score (nSPS) is 15.0. The highest BCUT2D eigenvalue weighted by Gasteiger charge is 2.23. The van der Waals surface area contributed by atoms with E-state index in [9.17, 15) is 9.59 Å². The van der Waals surface area contributed by atoms with Gasteiger partial charge in [0.25, 0.3) is 0 Å². The SMILES string of the molecule is CCNC(=O)CN(CC)C(=O)CN1CCN(c2cc(Cl)ccc2C)CC1. The first-order valence-electron chi connectivity index (χ1n) is 9.22. The maximum absolute atomic E-state index is 12.5. The van der Waals surface area contributed by atoms with E-state index in [2.05, 4.69) is 22.0 Å². The number of aryl methyl sites for hydroxylation is 1. The molecule has 6 nitrogen and oxygen atoms in total. The van der Waals surface area contributed by atoms with E-state index in [0.717, 1.165) is 36.9 Å². The Labute approximate surface area is 161 Å². The number of benzene rings is 1. The minimum absolute atomic E-state index is 0.00568. The molecule has 0 bridgehead atoms. The number of hydrogen-bond acceptors (Lipinski definition) is 4. The van der Waals surface area contributed by atoms with Crippen LogP contribution in [-0.4, -0.2) is 74.0 Å². The zero-order valence-corrected chi connectivity index (χ0v) is 16.7. The number of nitrogens with zero attached hydrogens (tertiary/aromatic N) is 3. The fourth-order valence-electron chi connectivity index (χ4n) is 3.16. The van der Waals surface area contributed by atoms with Crippen molar-refractivity contribution in [3.63, 3.8) is 0 Å². The lowest BCUT2D eigenvalue weighted by atomic mass is 10.1. The Morgan fingerprint density at radius 3 is 2.50 bits per heavy atom. The minimum atomic E-state index is -0.107. The van der Waals surface area contributed by atoms with E-state index in [0.29, 0.717) is 19.6 Å². The lowest BCUT2D eigenvalue weighted by molar-refractivity contribution is -0.136. The van der Waals surface area contributed by atoms with Crippen molar-refractivity contribution in [2.75, 3.05) is 57.3 Å². The molecule has 1 fully saturated rings. The Morgan fingerprint density at radius 2 is 1.88 bits per heavy atom. The molecule has 1 aliphatic heterocycles. The predicted octanol–water partition coefficient (Wildman–Crippen LogP) is 1.76. The van der Waals surface area contributed by atoms with E-state index in [1.54, 1.807) is 4.90 Å². The topological polar surface area (TPSA) is 55.9 Å². The quantitative estimate of drug-likeness (QED) is 0.783. The van der Waals surface area contributed by atoms with Gasteiger partial charge < -0.3 is 15.1 Å². The first kappa shape index (κ1) is 20.5. The Bertz CT molecular complexity index is 630. The average Bonchev–Trinajstić information content (AvgIpc) is 2.62. The number of rotatable bonds is 7. The molecule has 1 aromatic rings. The van der Waals surface area contributed by atoms with Crippen molar-refractivity contribution < 1.29 is 9.59 Å². The average molecular weight is 381 g/mol. The van der Waals surface area contributed by atoms with Crippen LogP contribution in [0.2, 0.25) is 5.02 Å². The molecule has 0 saturated carbocycles. The molecule has 1 aromatic carbocycles. The van der Waals surface area contributed by atoms with E-state index in [1.807, 2.05) is 32.0 Å². The summed E-state index contributed by atoms with van der Waals surface area (Å²) in [5.74, 6) is -0.102. The summed E-state index contributed by atoms with van der Waals surface area (Å²) < 4.78 is 0. The second kappa shape index (κ2) is 9.78. The van der Waals surface area contributed by atoms with E-state index in [1.165, 1.54) is 5.56 Å². The third-order valence-corrected chi connectivity index (χ3v) is 4.92. The van der Waals surface area contributed by atoms with Crippen LogP contribution in [0.25, 0.3) is 0 Å². The van der Waals surface area contributed by atoms with Gasteiger partial charge in [0.2, 0.25) is 11.8 Å². The number of amides is 2. The van der Waals surface area contributed by atoms with Crippen molar-refractivity contribution in [3.8, 4) is 0 Å². The number of carbonyl (C=O) groups is 2. The van der Waals surface area contributed by atoms with Gasteiger partial charge in [-0.3, -0.25) is 14.5 Å². The van der Waals surface area contributed by atoms with Gasteiger partial charge in [-0.1, -0.05) is 17.7 Å². The van der Waals surface area contributed by atoms with Crippen molar-refractivity contribution in [1.29, 1.82) is 0 Å². The molecule has 1 saturated heterocycles. The standard InChI is InChI=1S/C19H29ClN4O2/c1-4-21-18(25)13-23(5-2)19(26)14-22-8-10-24(11-9-22)17-12-16(20)7-6-15(17)3/h6-7,12H,4-5,8-11,13-14H2,1-3H3,(H,21,25). The fraction of sp³-hybridized carbons (Fsp3) is 0.579. The van der Waals surface area contributed by atoms with Gasteiger partial charge in [0.15, 0.2) is 0 Å². The summed E-state index contributed by atoms with van der Waals surface area (Å²) in [6, 6.07) is 5.94. The smallest absolute Gasteiger partial charge is 0.239 e. The van der Waals surface area contributed by atoms with Crippen LogP contribution < -0.4 is 10.2 Å². The molecular formula is C19H29ClN4O2. The highest BCUT2D eigenvalue weighted by molar-refractivity contribution is 6.30. The number of carbonyl (C=O) groups excluding carboxylic acids is 2. The van der Waals surface area contributed by atoms with Crippen molar-refractivity contribution in [2.24, 2.45) is 0 Å². The zero-order valence-electron chi connectivity index (χ0n) is 15.9. The summed E-state index contributed by atoms with van der Waals surface area (Å²) in [4.78, 5) is 30.3. The number of nitrogens with one attached hydrogen (secondary N) is 1. The van der Waals surface area contributed by atoms with E-state index in [-0.39, 0.29) is 18.4 Å². The molecule has 1 N–H and O–H groups in total. The predicted molar refractivity (Wildman–Crippen MR) is 106 cm³/mol. The van der Waals surface area contributed by atoms with Gasteiger partial charge in [-0.25, -0.2) is 0 Å². The maximum atomic E-state index is 12.5. The molecule has 26 heavy (non-hydrogen) atoms. The molecule has 0 unspecified atom stereocenters. The van der Waals surface area contributed by atoms with E-state index >= 15 is 0 Å². The molecule has 0 aromatic heterocycles. The second-order valence-corrected chi connectivity index (χ2v) is 6.99. The summed E-state index contributed by atoms with van der Waals surface area (Å²) >= 11 is 6.13. The largest absolute Gasteiger partial charge is 0.369 e. The van der Waals surface area contributed by atoms with E-state index in [4.69, 9.17) is 11.6 Å². The third-order valence-electron chi connectivity index (χ3n) is 4.69. The van der Waals surface area contributed by atoms with Gasteiger partial charge in [0, 0.05) is 50.0 Å². The monoisotopic (exact) mass is 380 g/mol. The first-order valence-corrected chi connectivity index (χ1v) is 9.60. The van der Waals surface area contributed by atoms with Crippen LogP contribution >= 0.6 is 11.6 Å². The molecule has 2 amide bonds. The van der Waals surface area contributed by atoms with Crippen LogP contribution in [0.5, 0.6) is 0 Å². The molecule has 0 spiro atoms. The lowest BCUT2D eigenvalue weighted by Crippen LogP contribution is -2.51. The van der Waals surface area contributed by atoms with Crippen LogP contribution in [0, 0.1) is 6.92 Å². The zero-order chi connectivity index (χ0) is 19.1. The molecule has 2 rings (SSSR count). The summed E-state index contributed by atoms with van der Waals surface area (Å²) in [7, 11) is 0. The van der Waals surface area contributed by atoms with Crippen LogP contribution in [0.15, 0.2) is 18.2 Å². The number of likely N-dealkylation sites (N-methyl/N-ethyl adjacent to an activating group) is 2. The van der Waals surface area contributed by atoms with Crippen LogP contribution in [0.4, 0.5) is 5.69 Å². The molecule has 0 radical (unpaired) electrons. The van der Waals surface area contributed by atoms with Gasteiger partial charge in [0.05, 0.1) is 13.1 Å². The minimum Gasteiger partial charge on any atom is -0.369 e. The van der Waals surface area contributed by atoms with Crippen molar-refractivity contribution in [1.82, 2.24) is 15.1 Å².